The predicted octanol–water partition coefficient (Wildman–Crippen LogP) is 3.75. The average molecular weight is 445 g/mol. The Morgan fingerprint density at radius 3 is 2.65 bits per heavy atom. The molecule has 7 nitrogen and oxygen atoms in total. The van der Waals surface area contributed by atoms with E-state index in [9.17, 15) is 9.59 Å². The summed E-state index contributed by atoms with van der Waals surface area (Å²) in [4.78, 5) is 31.9. The van der Waals surface area contributed by atoms with Crippen molar-refractivity contribution in [3.63, 3.8) is 0 Å². The Bertz CT molecular complexity index is 908. The number of carbonyl (C=O) groups is 2. The van der Waals surface area contributed by atoms with Crippen LogP contribution in [0.2, 0.25) is 0 Å². The van der Waals surface area contributed by atoms with Crippen molar-refractivity contribution in [2.75, 3.05) is 25.1 Å². The molecule has 2 fully saturated rings. The highest BCUT2D eigenvalue weighted by Gasteiger charge is 2.28. The fourth-order valence-electron chi connectivity index (χ4n) is 4.65. The summed E-state index contributed by atoms with van der Waals surface area (Å²) in [6.07, 6.45) is 8.91. The Kier molecular flexibility index (Phi) is 6.95. The van der Waals surface area contributed by atoms with Crippen LogP contribution >= 0.6 is 11.3 Å². The van der Waals surface area contributed by atoms with Gasteiger partial charge in [-0.2, -0.15) is 0 Å². The van der Waals surface area contributed by atoms with Crippen LogP contribution in [0.15, 0.2) is 17.6 Å². The molecule has 2 aromatic heterocycles. The molecule has 31 heavy (non-hydrogen) atoms. The fraction of sp³-hybridized carbons (Fsp3) is 0.609. The molecule has 1 aliphatic heterocycles. The highest BCUT2D eigenvalue weighted by atomic mass is 32.1. The number of piperidine rings is 1. The Morgan fingerprint density at radius 2 is 1.94 bits per heavy atom. The number of hydrogen-bond acceptors (Lipinski definition) is 6. The molecule has 2 aromatic rings. The molecule has 1 N–H and O–H groups in total. The predicted molar refractivity (Wildman–Crippen MR) is 122 cm³/mol. The second-order valence-electron chi connectivity index (χ2n) is 8.74. The Balaban J connectivity index is 1.38. The van der Waals surface area contributed by atoms with Crippen molar-refractivity contribution in [2.24, 2.45) is 5.92 Å². The van der Waals surface area contributed by atoms with Crippen molar-refractivity contribution in [2.45, 2.75) is 64.5 Å². The van der Waals surface area contributed by atoms with Crippen LogP contribution < -0.4 is 10.2 Å². The minimum Gasteiger partial charge on any atom is -0.469 e. The number of nitrogens with zero attached hydrogens (tertiary/aromatic N) is 3. The maximum Gasteiger partial charge on any atom is 0.308 e. The van der Waals surface area contributed by atoms with Crippen LogP contribution in [0.3, 0.4) is 0 Å². The zero-order chi connectivity index (χ0) is 21.8. The van der Waals surface area contributed by atoms with Crippen molar-refractivity contribution in [3.05, 3.63) is 34.6 Å². The van der Waals surface area contributed by atoms with E-state index in [-0.39, 0.29) is 23.8 Å². The highest BCUT2D eigenvalue weighted by molar-refractivity contribution is 7.13. The van der Waals surface area contributed by atoms with Crippen molar-refractivity contribution in [1.29, 1.82) is 0 Å². The van der Waals surface area contributed by atoms with Gasteiger partial charge in [-0.15, -0.1) is 11.3 Å². The third kappa shape index (κ3) is 5.29. The normalized spacial score (nSPS) is 21.7. The number of hydrogen-bond donors (Lipinski definition) is 1. The topological polar surface area (TPSA) is 76.5 Å². The van der Waals surface area contributed by atoms with E-state index >= 15 is 0 Å². The summed E-state index contributed by atoms with van der Waals surface area (Å²) in [5, 5.41) is 6.37. The lowest BCUT2D eigenvalue weighted by molar-refractivity contribution is -0.146. The minimum absolute atomic E-state index is 0.0389. The van der Waals surface area contributed by atoms with E-state index in [2.05, 4.69) is 15.6 Å². The second kappa shape index (κ2) is 9.85. The van der Waals surface area contributed by atoms with Gasteiger partial charge in [0.25, 0.3) is 5.91 Å². The smallest absolute Gasteiger partial charge is 0.308 e. The van der Waals surface area contributed by atoms with E-state index in [0.29, 0.717) is 12.2 Å². The standard InChI is InChI=1S/C23H32N4O3S/c1-16-12-20(21(28)24-18-8-6-17(7-9-18)22(29)30-2)27(13-16)14-19-15-31-23(25-19)26-10-4-3-5-11-26/h12-13,15,17-18H,3-11,14H2,1-2H3,(H,24,28)/t17-,18+. The van der Waals surface area contributed by atoms with Gasteiger partial charge in [0.2, 0.25) is 0 Å². The molecule has 4 rings (SSSR count). The lowest BCUT2D eigenvalue weighted by Gasteiger charge is -2.27. The number of methoxy groups -OCH3 is 1. The number of anilines is 1. The number of esters is 1. The Hall–Kier alpha value is -2.35. The van der Waals surface area contributed by atoms with Crippen LogP contribution in [0.25, 0.3) is 0 Å². The summed E-state index contributed by atoms with van der Waals surface area (Å²) >= 11 is 1.69. The summed E-state index contributed by atoms with van der Waals surface area (Å²) < 4.78 is 6.85. The molecule has 1 aliphatic carbocycles. The van der Waals surface area contributed by atoms with Gasteiger partial charge in [-0.05, 0) is 63.5 Å². The number of ether oxygens (including phenoxy) is 1. The lowest BCUT2D eigenvalue weighted by Crippen LogP contribution is -2.39. The summed E-state index contributed by atoms with van der Waals surface area (Å²) in [6, 6.07) is 2.04. The molecule has 2 aliphatic rings. The van der Waals surface area contributed by atoms with Gasteiger partial charge in [-0.1, -0.05) is 0 Å². The van der Waals surface area contributed by atoms with Gasteiger partial charge in [-0.25, -0.2) is 4.98 Å². The molecule has 8 heteroatoms. The molecule has 0 bridgehead atoms. The Labute approximate surface area is 187 Å². The average Bonchev–Trinajstić information content (AvgIpc) is 3.41. The van der Waals surface area contributed by atoms with Gasteiger partial charge in [0.1, 0.15) is 5.69 Å². The van der Waals surface area contributed by atoms with Crippen LogP contribution in [0, 0.1) is 12.8 Å². The molecule has 0 radical (unpaired) electrons. The molecule has 0 unspecified atom stereocenters. The number of thiazole rings is 1. The van der Waals surface area contributed by atoms with E-state index in [1.807, 2.05) is 23.8 Å². The second-order valence-corrected chi connectivity index (χ2v) is 9.58. The van der Waals surface area contributed by atoms with E-state index < -0.39 is 0 Å². The number of aryl methyl sites for hydroxylation is 1. The zero-order valence-electron chi connectivity index (χ0n) is 18.4. The molecule has 168 valence electrons. The van der Waals surface area contributed by atoms with Crippen LogP contribution in [0.5, 0.6) is 0 Å². The maximum absolute atomic E-state index is 13.0. The number of nitrogens with one attached hydrogen (secondary N) is 1. The van der Waals surface area contributed by atoms with Crippen molar-refractivity contribution in [3.8, 4) is 0 Å². The first kappa shape index (κ1) is 21.9. The van der Waals surface area contributed by atoms with E-state index in [4.69, 9.17) is 9.72 Å². The summed E-state index contributed by atoms with van der Waals surface area (Å²) in [6.45, 7) is 4.77. The summed E-state index contributed by atoms with van der Waals surface area (Å²) in [7, 11) is 1.44. The molecule has 1 saturated heterocycles. The third-order valence-corrected chi connectivity index (χ3v) is 7.31. The number of amides is 1. The zero-order valence-corrected chi connectivity index (χ0v) is 19.2. The lowest BCUT2D eigenvalue weighted by atomic mass is 9.86. The molecule has 0 aromatic carbocycles. The van der Waals surface area contributed by atoms with Crippen molar-refractivity contribution < 1.29 is 14.3 Å². The van der Waals surface area contributed by atoms with Gasteiger partial charge >= 0.3 is 5.97 Å². The largest absolute Gasteiger partial charge is 0.469 e. The van der Waals surface area contributed by atoms with Gasteiger partial charge in [-0.3, -0.25) is 9.59 Å². The molecule has 1 saturated carbocycles. The molecule has 3 heterocycles. The number of rotatable bonds is 6. The van der Waals surface area contributed by atoms with Crippen LogP contribution in [0.4, 0.5) is 5.13 Å². The van der Waals surface area contributed by atoms with Gasteiger partial charge in [0.05, 0.1) is 25.3 Å². The molecular weight excluding hydrogens is 412 g/mol. The van der Waals surface area contributed by atoms with Gasteiger partial charge < -0.3 is 19.5 Å². The molecular formula is C23H32N4O3S. The van der Waals surface area contributed by atoms with Crippen molar-refractivity contribution >= 4 is 28.3 Å². The van der Waals surface area contributed by atoms with Gasteiger partial charge in [0.15, 0.2) is 5.13 Å². The molecule has 0 atom stereocenters. The van der Waals surface area contributed by atoms with Gasteiger partial charge in [0, 0.05) is 30.7 Å². The first-order valence-electron chi connectivity index (χ1n) is 11.3. The minimum atomic E-state index is -0.138. The van der Waals surface area contributed by atoms with Crippen LogP contribution in [-0.4, -0.2) is 47.7 Å². The van der Waals surface area contributed by atoms with Crippen molar-refractivity contribution in [1.82, 2.24) is 14.9 Å². The molecule has 0 spiro atoms. The van der Waals surface area contributed by atoms with E-state index in [1.165, 1.54) is 26.4 Å². The first-order valence-corrected chi connectivity index (χ1v) is 12.2. The third-order valence-electron chi connectivity index (χ3n) is 6.36. The number of carbonyl (C=O) groups excluding carboxylic acids is 2. The maximum atomic E-state index is 13.0. The quantitative estimate of drug-likeness (QED) is 0.687. The monoisotopic (exact) mass is 444 g/mol. The number of aromatic nitrogens is 2. The highest BCUT2D eigenvalue weighted by Crippen LogP contribution is 2.27. The first-order chi connectivity index (χ1) is 15.0. The van der Waals surface area contributed by atoms with Crippen LogP contribution in [0.1, 0.15) is 66.7 Å². The molecule has 1 amide bonds. The summed E-state index contributed by atoms with van der Waals surface area (Å²) in [5.74, 6) is -0.231. The summed E-state index contributed by atoms with van der Waals surface area (Å²) in [5.41, 5.74) is 2.72. The fourth-order valence-corrected chi connectivity index (χ4v) is 5.52. The van der Waals surface area contributed by atoms with E-state index in [1.54, 1.807) is 11.3 Å². The SMILES string of the molecule is COC(=O)[C@H]1CC[C@@H](NC(=O)c2cc(C)cn2Cc2csc(N3CCCCC3)n2)CC1. The Morgan fingerprint density at radius 1 is 1.19 bits per heavy atom. The van der Waals surface area contributed by atoms with E-state index in [0.717, 1.165) is 55.2 Å². The van der Waals surface area contributed by atoms with Crippen LogP contribution in [-0.2, 0) is 16.1 Å².